The summed E-state index contributed by atoms with van der Waals surface area (Å²) in [7, 11) is 0. The Morgan fingerprint density at radius 3 is 2.68 bits per heavy atom. The zero-order valence-corrected chi connectivity index (χ0v) is 11.9. The van der Waals surface area contributed by atoms with Crippen LogP contribution in [0.5, 0.6) is 0 Å². The summed E-state index contributed by atoms with van der Waals surface area (Å²) >= 11 is 5.27. The Morgan fingerprint density at radius 1 is 1.21 bits per heavy atom. The molecule has 0 amide bonds. The second-order valence-corrected chi connectivity index (χ2v) is 5.48. The summed E-state index contributed by atoms with van der Waals surface area (Å²) in [6, 6.07) is 7.39. The summed E-state index contributed by atoms with van der Waals surface area (Å²) in [6.45, 7) is 0.666. The first-order chi connectivity index (χ1) is 9.25. The van der Waals surface area contributed by atoms with Crippen LogP contribution in [-0.2, 0) is 6.42 Å². The van der Waals surface area contributed by atoms with Gasteiger partial charge in [0.15, 0.2) is 5.11 Å². The van der Waals surface area contributed by atoms with E-state index < -0.39 is 0 Å². The summed E-state index contributed by atoms with van der Waals surface area (Å²) < 4.78 is 13.4. The molecule has 1 fully saturated rings. The van der Waals surface area contributed by atoms with Crippen molar-refractivity contribution in [1.29, 1.82) is 0 Å². The molecule has 1 aromatic carbocycles. The van der Waals surface area contributed by atoms with Gasteiger partial charge in [0.1, 0.15) is 5.82 Å². The lowest BCUT2D eigenvalue weighted by atomic mass is 9.96. The zero-order valence-electron chi connectivity index (χ0n) is 11.1. The molecule has 2 N–H and O–H groups in total. The van der Waals surface area contributed by atoms with Gasteiger partial charge in [-0.15, -0.1) is 0 Å². The van der Waals surface area contributed by atoms with Crippen LogP contribution in [-0.4, -0.2) is 17.7 Å². The summed E-state index contributed by atoms with van der Waals surface area (Å²) in [5.74, 6) is -0.143. The van der Waals surface area contributed by atoms with Crippen LogP contribution in [0.2, 0.25) is 0 Å². The van der Waals surface area contributed by atoms with Crippen LogP contribution in [0.4, 0.5) is 4.39 Å². The average molecular weight is 280 g/mol. The first-order valence-electron chi connectivity index (χ1n) is 7.03. The Hall–Kier alpha value is -1.16. The first-order valence-corrected chi connectivity index (χ1v) is 7.44. The van der Waals surface area contributed by atoms with Gasteiger partial charge in [-0.3, -0.25) is 0 Å². The average Bonchev–Trinajstić information content (AvgIpc) is 2.42. The largest absolute Gasteiger partial charge is 0.362 e. The number of benzene rings is 1. The van der Waals surface area contributed by atoms with E-state index in [4.69, 9.17) is 12.2 Å². The predicted octanol–water partition coefficient (Wildman–Crippen LogP) is 3.17. The van der Waals surface area contributed by atoms with Crippen LogP contribution in [0, 0.1) is 5.82 Å². The number of hydrogen-bond acceptors (Lipinski definition) is 1. The molecular weight excluding hydrogens is 259 g/mol. The minimum atomic E-state index is -0.143. The smallest absolute Gasteiger partial charge is 0.166 e. The Morgan fingerprint density at radius 2 is 1.95 bits per heavy atom. The third-order valence-electron chi connectivity index (χ3n) is 3.58. The highest BCUT2D eigenvalue weighted by Gasteiger charge is 2.13. The third kappa shape index (κ3) is 4.78. The number of halogens is 1. The number of nitrogens with one attached hydrogen (secondary N) is 2. The molecule has 1 aromatic rings. The lowest BCUT2D eigenvalue weighted by Crippen LogP contribution is -2.43. The topological polar surface area (TPSA) is 24.1 Å². The number of hydrogen-bond donors (Lipinski definition) is 2. The van der Waals surface area contributed by atoms with E-state index in [-0.39, 0.29) is 5.82 Å². The normalized spacial score (nSPS) is 16.1. The molecule has 1 saturated carbocycles. The van der Waals surface area contributed by atoms with Gasteiger partial charge in [-0.05, 0) is 43.1 Å². The van der Waals surface area contributed by atoms with Gasteiger partial charge in [-0.1, -0.05) is 37.5 Å². The van der Waals surface area contributed by atoms with E-state index in [9.17, 15) is 4.39 Å². The summed E-state index contributed by atoms with van der Waals surface area (Å²) in [6.07, 6.45) is 6.97. The SMILES string of the molecule is Fc1ccccc1CCNC(=S)NC1CCCCC1. The van der Waals surface area contributed by atoms with E-state index in [0.29, 0.717) is 24.1 Å². The van der Waals surface area contributed by atoms with Gasteiger partial charge in [0.05, 0.1) is 0 Å². The van der Waals surface area contributed by atoms with E-state index in [1.807, 2.05) is 12.1 Å². The van der Waals surface area contributed by atoms with Crippen molar-refractivity contribution in [1.82, 2.24) is 10.6 Å². The van der Waals surface area contributed by atoms with Crippen molar-refractivity contribution in [2.24, 2.45) is 0 Å². The fraction of sp³-hybridized carbons (Fsp3) is 0.533. The molecule has 2 nitrogen and oxygen atoms in total. The molecule has 2 rings (SSSR count). The highest BCUT2D eigenvalue weighted by molar-refractivity contribution is 7.80. The van der Waals surface area contributed by atoms with Crippen molar-refractivity contribution >= 4 is 17.3 Å². The highest BCUT2D eigenvalue weighted by atomic mass is 32.1. The van der Waals surface area contributed by atoms with Crippen molar-refractivity contribution in [3.05, 3.63) is 35.6 Å². The molecular formula is C15H21FN2S. The quantitative estimate of drug-likeness (QED) is 0.828. The molecule has 19 heavy (non-hydrogen) atoms. The van der Waals surface area contributed by atoms with Crippen LogP contribution in [0.1, 0.15) is 37.7 Å². The van der Waals surface area contributed by atoms with E-state index in [1.54, 1.807) is 6.07 Å². The maximum atomic E-state index is 13.4. The lowest BCUT2D eigenvalue weighted by molar-refractivity contribution is 0.412. The third-order valence-corrected chi connectivity index (χ3v) is 3.84. The molecule has 0 radical (unpaired) electrons. The minimum Gasteiger partial charge on any atom is -0.362 e. The molecule has 0 atom stereocenters. The van der Waals surface area contributed by atoms with Crippen molar-refractivity contribution in [3.63, 3.8) is 0 Å². The lowest BCUT2D eigenvalue weighted by Gasteiger charge is -2.24. The molecule has 0 bridgehead atoms. The van der Waals surface area contributed by atoms with Gasteiger partial charge in [0.2, 0.25) is 0 Å². The first kappa shape index (κ1) is 14.3. The van der Waals surface area contributed by atoms with Crippen LogP contribution in [0.3, 0.4) is 0 Å². The molecule has 0 spiro atoms. The molecule has 4 heteroatoms. The fourth-order valence-electron chi connectivity index (χ4n) is 2.50. The highest BCUT2D eigenvalue weighted by Crippen LogP contribution is 2.17. The van der Waals surface area contributed by atoms with Crippen molar-refractivity contribution in [2.75, 3.05) is 6.54 Å². The Balaban J connectivity index is 1.67. The Kier molecular flexibility index (Phi) is 5.58. The van der Waals surface area contributed by atoms with E-state index in [2.05, 4.69) is 10.6 Å². The van der Waals surface area contributed by atoms with Crippen molar-refractivity contribution in [3.8, 4) is 0 Å². The molecule has 0 unspecified atom stereocenters. The van der Waals surface area contributed by atoms with E-state index in [1.165, 1.54) is 38.2 Å². The van der Waals surface area contributed by atoms with Crippen LogP contribution < -0.4 is 10.6 Å². The van der Waals surface area contributed by atoms with Crippen molar-refractivity contribution in [2.45, 2.75) is 44.6 Å². The molecule has 1 aliphatic rings. The standard InChI is InChI=1S/C15H21FN2S/c16-14-9-5-4-6-12(14)10-11-17-15(19)18-13-7-2-1-3-8-13/h4-6,9,13H,1-3,7-8,10-11H2,(H2,17,18,19). The van der Waals surface area contributed by atoms with Gasteiger partial charge < -0.3 is 10.6 Å². The molecule has 1 aliphatic carbocycles. The van der Waals surface area contributed by atoms with Crippen LogP contribution >= 0.6 is 12.2 Å². The molecule has 0 aromatic heterocycles. The molecule has 0 heterocycles. The molecule has 104 valence electrons. The van der Waals surface area contributed by atoms with E-state index >= 15 is 0 Å². The monoisotopic (exact) mass is 280 g/mol. The Labute approximate surface area is 119 Å². The Bertz CT molecular complexity index is 416. The van der Waals surface area contributed by atoms with Gasteiger partial charge >= 0.3 is 0 Å². The van der Waals surface area contributed by atoms with Gasteiger partial charge in [0, 0.05) is 12.6 Å². The minimum absolute atomic E-state index is 0.143. The van der Waals surface area contributed by atoms with Crippen LogP contribution in [0.25, 0.3) is 0 Å². The molecule has 0 aliphatic heterocycles. The summed E-state index contributed by atoms with van der Waals surface area (Å²) in [5.41, 5.74) is 0.732. The number of rotatable bonds is 4. The second-order valence-electron chi connectivity index (χ2n) is 5.08. The van der Waals surface area contributed by atoms with Gasteiger partial charge in [0.25, 0.3) is 0 Å². The van der Waals surface area contributed by atoms with Crippen molar-refractivity contribution < 1.29 is 4.39 Å². The van der Waals surface area contributed by atoms with Gasteiger partial charge in [-0.2, -0.15) is 0 Å². The second kappa shape index (κ2) is 7.43. The van der Waals surface area contributed by atoms with Crippen LogP contribution in [0.15, 0.2) is 24.3 Å². The molecule has 0 saturated heterocycles. The fourth-order valence-corrected chi connectivity index (χ4v) is 2.76. The van der Waals surface area contributed by atoms with E-state index in [0.717, 1.165) is 5.56 Å². The maximum Gasteiger partial charge on any atom is 0.166 e. The maximum absolute atomic E-state index is 13.4. The number of thiocarbonyl (C=S) groups is 1. The summed E-state index contributed by atoms with van der Waals surface area (Å²) in [4.78, 5) is 0. The zero-order chi connectivity index (χ0) is 13.5. The summed E-state index contributed by atoms with van der Waals surface area (Å²) in [5, 5.41) is 7.20. The predicted molar refractivity (Wildman–Crippen MR) is 80.7 cm³/mol. The van der Waals surface area contributed by atoms with Gasteiger partial charge in [-0.25, -0.2) is 4.39 Å².